The van der Waals surface area contributed by atoms with Crippen molar-refractivity contribution in [3.8, 4) is 5.69 Å². The first-order chi connectivity index (χ1) is 16.8. The van der Waals surface area contributed by atoms with Crippen LogP contribution >= 0.6 is 33.9 Å². The Morgan fingerprint density at radius 2 is 2.03 bits per heavy atom. The van der Waals surface area contributed by atoms with E-state index in [1.165, 1.54) is 34.1 Å². The van der Waals surface area contributed by atoms with Gasteiger partial charge in [0.1, 0.15) is 5.82 Å². The van der Waals surface area contributed by atoms with Crippen LogP contribution in [0, 0.1) is 8.70 Å². The maximum absolute atomic E-state index is 14.7. The second-order valence-electron chi connectivity index (χ2n) is 7.99. The number of ether oxygens (including phenoxy) is 1. The molecule has 1 aliphatic rings. The number of rotatable bonds is 8. The summed E-state index contributed by atoms with van der Waals surface area (Å²) in [5, 5.41) is 5.60. The van der Waals surface area contributed by atoms with Crippen molar-refractivity contribution in [2.75, 3.05) is 31.6 Å². The summed E-state index contributed by atoms with van der Waals surface area (Å²) in [4.78, 5) is 39.7. The molecule has 0 radical (unpaired) electrons. The number of hydrogen-bond donors (Lipinski definition) is 2. The molecule has 11 heteroatoms. The van der Waals surface area contributed by atoms with E-state index in [9.17, 15) is 18.8 Å². The van der Waals surface area contributed by atoms with E-state index in [-0.39, 0.29) is 41.8 Å². The van der Waals surface area contributed by atoms with Gasteiger partial charge in [-0.1, -0.05) is 6.07 Å². The van der Waals surface area contributed by atoms with E-state index in [0.29, 0.717) is 30.3 Å². The molecule has 0 spiro atoms. The largest absolute Gasteiger partial charge is 0.375 e. The molecule has 0 bridgehead atoms. The van der Waals surface area contributed by atoms with Crippen molar-refractivity contribution in [3.63, 3.8) is 0 Å². The monoisotopic (exact) mass is 610 g/mol. The van der Waals surface area contributed by atoms with Crippen LogP contribution in [0.15, 0.2) is 59.5 Å². The standard InChI is InChI=1S/C24H24FIN4O4S/c1-2-34-19-13-29(12-18(19)28-24(33)20-8-9-21(26)35-20)14-22(31)27-17-7-6-15(11-16(17)25)30-10-4-3-5-23(30)32/h3-11,18-19H,2,12-14H2,1H3,(H,27,31)(H,28,33)/t18-,19-/m0/s1. The average molecular weight is 610 g/mol. The molecule has 1 aromatic carbocycles. The lowest BCUT2D eigenvalue weighted by molar-refractivity contribution is -0.117. The summed E-state index contributed by atoms with van der Waals surface area (Å²) in [6.07, 6.45) is 1.29. The summed E-state index contributed by atoms with van der Waals surface area (Å²) in [6, 6.07) is 12.3. The van der Waals surface area contributed by atoms with Crippen molar-refractivity contribution in [2.24, 2.45) is 0 Å². The molecule has 35 heavy (non-hydrogen) atoms. The molecule has 4 rings (SSSR count). The topological polar surface area (TPSA) is 92.7 Å². The SMILES string of the molecule is CCO[C@H]1CN(CC(=O)Nc2ccc(-n3ccccc3=O)cc2F)C[C@@H]1NC(=O)c1ccc(I)s1. The fraction of sp³-hybridized carbons (Fsp3) is 0.292. The van der Waals surface area contributed by atoms with E-state index in [2.05, 4.69) is 33.2 Å². The van der Waals surface area contributed by atoms with Crippen molar-refractivity contribution in [2.45, 2.75) is 19.1 Å². The van der Waals surface area contributed by atoms with Crippen molar-refractivity contribution in [1.82, 2.24) is 14.8 Å². The van der Waals surface area contributed by atoms with Crippen LogP contribution in [-0.4, -0.2) is 59.7 Å². The highest BCUT2D eigenvalue weighted by molar-refractivity contribution is 14.1. The van der Waals surface area contributed by atoms with Crippen LogP contribution < -0.4 is 16.2 Å². The second-order valence-corrected chi connectivity index (χ2v) is 11.0. The molecule has 0 aliphatic carbocycles. The van der Waals surface area contributed by atoms with Gasteiger partial charge in [-0.15, -0.1) is 11.3 Å². The third-order valence-electron chi connectivity index (χ3n) is 5.53. The number of likely N-dealkylation sites (tertiary alicyclic amines) is 1. The molecular formula is C24H24FIN4O4S. The molecular weight excluding hydrogens is 586 g/mol. The first kappa shape index (κ1) is 25.5. The number of halogens is 2. The zero-order chi connectivity index (χ0) is 24.9. The van der Waals surface area contributed by atoms with Gasteiger partial charge >= 0.3 is 0 Å². The molecule has 3 aromatic rings. The highest BCUT2D eigenvalue weighted by atomic mass is 127. The van der Waals surface area contributed by atoms with E-state index >= 15 is 0 Å². The number of aromatic nitrogens is 1. The maximum atomic E-state index is 14.7. The zero-order valence-corrected chi connectivity index (χ0v) is 21.8. The number of nitrogens with zero attached hydrogens (tertiary/aromatic N) is 2. The number of pyridine rings is 1. The fourth-order valence-corrected chi connectivity index (χ4v) is 5.49. The van der Waals surface area contributed by atoms with Crippen LogP contribution in [0.2, 0.25) is 0 Å². The van der Waals surface area contributed by atoms with Crippen molar-refractivity contribution in [1.29, 1.82) is 0 Å². The Morgan fingerprint density at radius 3 is 2.71 bits per heavy atom. The van der Waals surface area contributed by atoms with E-state index in [4.69, 9.17) is 4.74 Å². The lowest BCUT2D eigenvalue weighted by Crippen LogP contribution is -2.43. The van der Waals surface area contributed by atoms with E-state index in [1.807, 2.05) is 17.9 Å². The predicted octanol–water partition coefficient (Wildman–Crippen LogP) is 3.10. The number of hydrogen-bond acceptors (Lipinski definition) is 6. The summed E-state index contributed by atoms with van der Waals surface area (Å²) in [6.45, 7) is 3.28. The van der Waals surface area contributed by atoms with E-state index < -0.39 is 5.82 Å². The molecule has 0 unspecified atom stereocenters. The molecule has 1 saturated heterocycles. The van der Waals surface area contributed by atoms with E-state index in [1.54, 1.807) is 30.5 Å². The first-order valence-corrected chi connectivity index (χ1v) is 12.9. The third-order valence-corrected chi connectivity index (χ3v) is 7.42. The lowest BCUT2D eigenvalue weighted by atomic mass is 10.2. The summed E-state index contributed by atoms with van der Waals surface area (Å²) in [7, 11) is 0. The molecule has 1 fully saturated rings. The molecule has 3 heterocycles. The number of anilines is 1. The Hall–Kier alpha value is -2.61. The summed E-state index contributed by atoms with van der Waals surface area (Å²) < 4.78 is 22.8. The van der Waals surface area contributed by atoms with Gasteiger partial charge in [0.15, 0.2) is 0 Å². The van der Waals surface area contributed by atoms with Crippen LogP contribution in [-0.2, 0) is 9.53 Å². The molecule has 0 saturated carbocycles. The highest BCUT2D eigenvalue weighted by Gasteiger charge is 2.35. The number of carbonyl (C=O) groups is 2. The Morgan fingerprint density at radius 1 is 1.20 bits per heavy atom. The van der Waals surface area contributed by atoms with Gasteiger partial charge in [-0.05, 0) is 59.8 Å². The third kappa shape index (κ3) is 6.34. The van der Waals surface area contributed by atoms with E-state index in [0.717, 1.165) is 2.88 Å². The summed E-state index contributed by atoms with van der Waals surface area (Å²) in [5.41, 5.74) is 0.113. The summed E-state index contributed by atoms with van der Waals surface area (Å²) >= 11 is 3.58. The van der Waals surface area contributed by atoms with Gasteiger partial charge in [0.25, 0.3) is 11.5 Å². The predicted molar refractivity (Wildman–Crippen MR) is 141 cm³/mol. The molecule has 2 aromatic heterocycles. The number of thiophene rings is 1. The normalized spacial score (nSPS) is 17.9. The Bertz CT molecular complexity index is 1280. The quantitative estimate of drug-likeness (QED) is 0.383. The van der Waals surface area contributed by atoms with Crippen LogP contribution in [0.3, 0.4) is 0 Å². The Labute approximate surface area is 219 Å². The van der Waals surface area contributed by atoms with Crippen molar-refractivity contribution < 1.29 is 18.7 Å². The maximum Gasteiger partial charge on any atom is 0.261 e. The molecule has 8 nitrogen and oxygen atoms in total. The van der Waals surface area contributed by atoms with Gasteiger partial charge in [0.05, 0.1) is 37.8 Å². The molecule has 2 atom stereocenters. The molecule has 184 valence electrons. The number of amides is 2. The smallest absolute Gasteiger partial charge is 0.261 e. The lowest BCUT2D eigenvalue weighted by Gasteiger charge is -2.19. The highest BCUT2D eigenvalue weighted by Crippen LogP contribution is 2.21. The van der Waals surface area contributed by atoms with Gasteiger partial charge in [-0.25, -0.2) is 4.39 Å². The first-order valence-electron chi connectivity index (χ1n) is 11.0. The van der Waals surface area contributed by atoms with Gasteiger partial charge < -0.3 is 15.4 Å². The van der Waals surface area contributed by atoms with Gasteiger partial charge in [0.2, 0.25) is 5.91 Å². The van der Waals surface area contributed by atoms with Crippen molar-refractivity contribution >= 4 is 51.4 Å². The minimum absolute atomic E-state index is 0.0200. The minimum Gasteiger partial charge on any atom is -0.375 e. The van der Waals surface area contributed by atoms with Crippen molar-refractivity contribution in [3.05, 3.63) is 78.7 Å². The fourth-order valence-electron chi connectivity index (χ4n) is 3.97. The van der Waals surface area contributed by atoms with Gasteiger partial charge in [0, 0.05) is 38.0 Å². The minimum atomic E-state index is -0.643. The van der Waals surface area contributed by atoms with Crippen LogP contribution in [0.1, 0.15) is 16.6 Å². The van der Waals surface area contributed by atoms with Crippen LogP contribution in [0.4, 0.5) is 10.1 Å². The molecule has 2 amide bonds. The molecule has 1 aliphatic heterocycles. The second kappa shape index (κ2) is 11.4. The number of benzene rings is 1. The number of carbonyl (C=O) groups excluding carboxylic acids is 2. The summed E-state index contributed by atoms with van der Waals surface area (Å²) in [5.74, 6) is -1.20. The average Bonchev–Trinajstić information content (AvgIpc) is 3.41. The zero-order valence-electron chi connectivity index (χ0n) is 18.9. The van der Waals surface area contributed by atoms with Crippen LogP contribution in [0.5, 0.6) is 0 Å². The Balaban J connectivity index is 1.37. The molecule has 2 N–H and O–H groups in total. The van der Waals surface area contributed by atoms with Crippen LogP contribution in [0.25, 0.3) is 5.69 Å². The Kier molecular flexibility index (Phi) is 8.31. The van der Waals surface area contributed by atoms with Gasteiger partial charge in [-0.3, -0.25) is 23.9 Å². The van der Waals surface area contributed by atoms with Gasteiger partial charge in [-0.2, -0.15) is 0 Å². The number of nitrogens with one attached hydrogen (secondary N) is 2.